The Balaban J connectivity index is 2.95. The van der Waals surface area contributed by atoms with Crippen molar-refractivity contribution in [2.45, 2.75) is 51.7 Å². The Morgan fingerprint density at radius 3 is 2.42 bits per heavy atom. The number of hydrogen-bond donors (Lipinski definition) is 3. The van der Waals surface area contributed by atoms with E-state index in [4.69, 9.17) is 4.74 Å². The van der Waals surface area contributed by atoms with Gasteiger partial charge in [0.25, 0.3) is 0 Å². The van der Waals surface area contributed by atoms with Crippen LogP contribution in [0.15, 0.2) is 18.2 Å². The third-order valence-electron chi connectivity index (χ3n) is 3.35. The van der Waals surface area contributed by atoms with Gasteiger partial charge < -0.3 is 20.1 Å². The summed E-state index contributed by atoms with van der Waals surface area (Å²) >= 11 is 0. The van der Waals surface area contributed by atoms with Gasteiger partial charge in [0, 0.05) is 5.56 Å². The number of benzene rings is 1. The Bertz CT molecular complexity index is 390. The van der Waals surface area contributed by atoms with Gasteiger partial charge in [-0.05, 0) is 38.7 Å². The minimum absolute atomic E-state index is 0.00925. The fourth-order valence-electron chi connectivity index (χ4n) is 2.14. The number of aliphatic hydroxyl groups is 2. The molecule has 4 nitrogen and oxygen atoms in total. The number of hydrogen-bond acceptors (Lipinski definition) is 4. The van der Waals surface area contributed by atoms with E-state index < -0.39 is 12.2 Å². The van der Waals surface area contributed by atoms with Crippen LogP contribution in [-0.2, 0) is 0 Å². The van der Waals surface area contributed by atoms with Gasteiger partial charge in [-0.15, -0.1) is 0 Å². The van der Waals surface area contributed by atoms with Crippen molar-refractivity contribution in [1.29, 1.82) is 0 Å². The number of phenolic OH excluding ortho intramolecular Hbond substituents is 1. The molecule has 1 rings (SSSR count). The summed E-state index contributed by atoms with van der Waals surface area (Å²) in [5, 5.41) is 29.4. The molecule has 108 valence electrons. The standard InChI is InChI=1S/C15H24O4/c1-4-11(9-13(17)10(3)16)12-7-6-8-14(15(12)18)19-5-2/h6-8,10-11,13,16-18H,4-5,9H2,1-3H3. The fraction of sp³-hybridized carbons (Fsp3) is 0.600. The molecule has 0 amide bonds. The minimum atomic E-state index is -0.792. The van der Waals surface area contributed by atoms with E-state index in [1.54, 1.807) is 13.0 Å². The van der Waals surface area contributed by atoms with Gasteiger partial charge in [-0.1, -0.05) is 19.1 Å². The average molecular weight is 268 g/mol. The van der Waals surface area contributed by atoms with Crippen molar-refractivity contribution in [3.05, 3.63) is 23.8 Å². The lowest BCUT2D eigenvalue weighted by Gasteiger charge is -2.22. The molecule has 0 spiro atoms. The average Bonchev–Trinajstić information content (AvgIpc) is 2.38. The van der Waals surface area contributed by atoms with Crippen LogP contribution in [0, 0.1) is 0 Å². The van der Waals surface area contributed by atoms with Crippen LogP contribution < -0.4 is 4.74 Å². The molecule has 0 saturated carbocycles. The van der Waals surface area contributed by atoms with Gasteiger partial charge in [0.2, 0.25) is 0 Å². The molecule has 3 atom stereocenters. The minimum Gasteiger partial charge on any atom is -0.504 e. The maximum atomic E-state index is 10.2. The van der Waals surface area contributed by atoms with Crippen LogP contribution in [0.5, 0.6) is 11.5 Å². The zero-order valence-corrected chi connectivity index (χ0v) is 11.8. The first-order valence-electron chi connectivity index (χ1n) is 6.82. The largest absolute Gasteiger partial charge is 0.504 e. The van der Waals surface area contributed by atoms with Crippen molar-refractivity contribution in [3.63, 3.8) is 0 Å². The highest BCUT2D eigenvalue weighted by molar-refractivity contribution is 5.47. The van der Waals surface area contributed by atoms with Crippen LogP contribution >= 0.6 is 0 Å². The first-order valence-corrected chi connectivity index (χ1v) is 6.82. The van der Waals surface area contributed by atoms with Gasteiger partial charge in [0.1, 0.15) is 0 Å². The van der Waals surface area contributed by atoms with E-state index >= 15 is 0 Å². The van der Waals surface area contributed by atoms with E-state index in [-0.39, 0.29) is 11.7 Å². The summed E-state index contributed by atoms with van der Waals surface area (Å²) in [7, 11) is 0. The maximum Gasteiger partial charge on any atom is 0.161 e. The lowest BCUT2D eigenvalue weighted by atomic mass is 9.89. The second-order valence-electron chi connectivity index (χ2n) is 4.78. The number of ether oxygens (including phenoxy) is 1. The van der Waals surface area contributed by atoms with E-state index in [1.807, 2.05) is 26.0 Å². The van der Waals surface area contributed by atoms with Crippen LogP contribution in [0.3, 0.4) is 0 Å². The lowest BCUT2D eigenvalue weighted by Crippen LogP contribution is -2.24. The van der Waals surface area contributed by atoms with Crippen molar-refractivity contribution in [3.8, 4) is 11.5 Å². The van der Waals surface area contributed by atoms with E-state index in [9.17, 15) is 15.3 Å². The van der Waals surface area contributed by atoms with Gasteiger partial charge in [0.15, 0.2) is 11.5 Å². The molecule has 1 aromatic rings. The zero-order chi connectivity index (χ0) is 14.4. The summed E-state index contributed by atoms with van der Waals surface area (Å²) in [6.45, 7) is 5.91. The second-order valence-corrected chi connectivity index (χ2v) is 4.78. The lowest BCUT2D eigenvalue weighted by molar-refractivity contribution is 0.0213. The highest BCUT2D eigenvalue weighted by Crippen LogP contribution is 2.38. The fourth-order valence-corrected chi connectivity index (χ4v) is 2.14. The van der Waals surface area contributed by atoms with Crippen LogP contribution in [0.2, 0.25) is 0 Å². The van der Waals surface area contributed by atoms with Crippen LogP contribution in [0.25, 0.3) is 0 Å². The molecule has 0 fully saturated rings. The Kier molecular flexibility index (Phi) is 6.12. The molecular formula is C15H24O4. The summed E-state index contributed by atoms with van der Waals surface area (Å²) in [4.78, 5) is 0. The Labute approximate surface area is 114 Å². The third kappa shape index (κ3) is 4.11. The van der Waals surface area contributed by atoms with E-state index in [1.165, 1.54) is 0 Å². The molecule has 19 heavy (non-hydrogen) atoms. The van der Waals surface area contributed by atoms with Crippen LogP contribution in [0.1, 0.15) is 45.1 Å². The summed E-state index contributed by atoms with van der Waals surface area (Å²) < 4.78 is 5.36. The summed E-state index contributed by atoms with van der Waals surface area (Å²) in [6.07, 6.45) is -0.379. The number of aromatic hydroxyl groups is 1. The topological polar surface area (TPSA) is 69.9 Å². The van der Waals surface area contributed by atoms with Crippen molar-refractivity contribution in [2.24, 2.45) is 0 Å². The number of rotatable bonds is 7. The molecule has 0 radical (unpaired) electrons. The monoisotopic (exact) mass is 268 g/mol. The predicted octanol–water partition coefficient (Wildman–Crippen LogP) is 2.42. The normalized spacial score (nSPS) is 15.8. The number of phenols is 1. The van der Waals surface area contributed by atoms with Gasteiger partial charge in [0.05, 0.1) is 18.8 Å². The molecule has 0 aromatic heterocycles. The van der Waals surface area contributed by atoms with E-state index in [0.29, 0.717) is 18.8 Å². The molecule has 0 aliphatic heterocycles. The van der Waals surface area contributed by atoms with E-state index in [0.717, 1.165) is 12.0 Å². The van der Waals surface area contributed by atoms with Crippen molar-refractivity contribution in [2.75, 3.05) is 6.61 Å². The van der Waals surface area contributed by atoms with Crippen molar-refractivity contribution >= 4 is 0 Å². The van der Waals surface area contributed by atoms with E-state index in [2.05, 4.69) is 0 Å². The molecule has 0 aliphatic rings. The number of para-hydroxylation sites is 1. The first-order chi connectivity index (χ1) is 9.01. The summed E-state index contributed by atoms with van der Waals surface area (Å²) in [5.41, 5.74) is 0.758. The summed E-state index contributed by atoms with van der Waals surface area (Å²) in [5.74, 6) is 0.587. The van der Waals surface area contributed by atoms with Gasteiger partial charge >= 0.3 is 0 Å². The molecule has 4 heteroatoms. The van der Waals surface area contributed by atoms with Gasteiger partial charge in [-0.2, -0.15) is 0 Å². The van der Waals surface area contributed by atoms with Crippen molar-refractivity contribution in [1.82, 2.24) is 0 Å². The Morgan fingerprint density at radius 2 is 1.89 bits per heavy atom. The van der Waals surface area contributed by atoms with Crippen molar-refractivity contribution < 1.29 is 20.1 Å². The zero-order valence-electron chi connectivity index (χ0n) is 11.8. The third-order valence-corrected chi connectivity index (χ3v) is 3.35. The molecule has 0 bridgehead atoms. The smallest absolute Gasteiger partial charge is 0.161 e. The molecule has 0 saturated heterocycles. The molecule has 1 aromatic carbocycles. The van der Waals surface area contributed by atoms with Crippen LogP contribution in [0.4, 0.5) is 0 Å². The Morgan fingerprint density at radius 1 is 1.21 bits per heavy atom. The molecular weight excluding hydrogens is 244 g/mol. The molecule has 3 unspecified atom stereocenters. The van der Waals surface area contributed by atoms with Gasteiger partial charge in [-0.25, -0.2) is 0 Å². The van der Waals surface area contributed by atoms with Crippen LogP contribution in [-0.4, -0.2) is 34.1 Å². The second kappa shape index (κ2) is 7.36. The molecule has 0 aliphatic carbocycles. The molecule has 3 N–H and O–H groups in total. The Hall–Kier alpha value is -1.26. The molecule has 0 heterocycles. The highest BCUT2D eigenvalue weighted by Gasteiger charge is 2.22. The summed E-state index contributed by atoms with van der Waals surface area (Å²) in [6, 6.07) is 5.39. The van der Waals surface area contributed by atoms with Gasteiger partial charge in [-0.3, -0.25) is 0 Å². The first kappa shape index (κ1) is 15.8. The highest BCUT2D eigenvalue weighted by atomic mass is 16.5. The SMILES string of the molecule is CCOc1cccc(C(CC)CC(O)C(C)O)c1O. The predicted molar refractivity (Wildman–Crippen MR) is 74.6 cm³/mol. The number of aliphatic hydroxyl groups excluding tert-OH is 2. The maximum absolute atomic E-state index is 10.2. The quantitative estimate of drug-likeness (QED) is 0.710.